The Morgan fingerprint density at radius 3 is 2.47 bits per heavy atom. The molecule has 0 saturated carbocycles. The Balaban J connectivity index is 3.85. The molecule has 0 spiro atoms. The van der Waals surface area contributed by atoms with Crippen LogP contribution in [0.2, 0.25) is 0 Å². The van der Waals surface area contributed by atoms with Gasteiger partial charge in [0.15, 0.2) is 0 Å². The third-order valence-corrected chi connectivity index (χ3v) is 2.07. The zero-order chi connectivity index (χ0) is 13.5. The van der Waals surface area contributed by atoms with Crippen molar-refractivity contribution in [2.75, 3.05) is 19.8 Å². The van der Waals surface area contributed by atoms with Crippen molar-refractivity contribution in [3.05, 3.63) is 0 Å². The van der Waals surface area contributed by atoms with Crippen molar-refractivity contribution in [2.24, 2.45) is 0 Å². The Morgan fingerprint density at radius 2 is 2.00 bits per heavy atom. The number of amides is 1. The van der Waals surface area contributed by atoms with Crippen LogP contribution >= 0.6 is 0 Å². The van der Waals surface area contributed by atoms with Gasteiger partial charge in [-0.25, -0.2) is 0 Å². The summed E-state index contributed by atoms with van der Waals surface area (Å²) in [5.74, 6) is -0.0684. The molecule has 0 aromatic heterocycles. The van der Waals surface area contributed by atoms with Crippen LogP contribution in [0.25, 0.3) is 0 Å². The van der Waals surface area contributed by atoms with Crippen molar-refractivity contribution in [3.63, 3.8) is 0 Å². The van der Waals surface area contributed by atoms with Crippen LogP contribution in [-0.4, -0.2) is 48.5 Å². The second-order valence-electron chi connectivity index (χ2n) is 5.18. The summed E-state index contributed by atoms with van der Waals surface area (Å²) in [7, 11) is 0. The number of nitrogens with one attached hydrogen (secondary N) is 2. The van der Waals surface area contributed by atoms with Crippen molar-refractivity contribution in [2.45, 2.75) is 52.3 Å². The second-order valence-corrected chi connectivity index (χ2v) is 5.18. The minimum absolute atomic E-state index is 0.0684. The van der Waals surface area contributed by atoms with E-state index in [0.29, 0.717) is 13.2 Å². The molecule has 5 nitrogen and oxygen atoms in total. The summed E-state index contributed by atoms with van der Waals surface area (Å²) < 4.78 is 5.08. The maximum Gasteiger partial charge on any atom is 0.237 e. The van der Waals surface area contributed by atoms with Crippen molar-refractivity contribution >= 4 is 5.91 Å². The highest BCUT2D eigenvalue weighted by Gasteiger charge is 2.19. The zero-order valence-electron chi connectivity index (χ0n) is 11.5. The maximum atomic E-state index is 11.7. The van der Waals surface area contributed by atoms with Gasteiger partial charge < -0.3 is 20.5 Å². The van der Waals surface area contributed by atoms with Crippen LogP contribution in [0.1, 0.15) is 34.6 Å². The second kappa shape index (κ2) is 7.63. The van der Waals surface area contributed by atoms with E-state index in [-0.39, 0.29) is 24.1 Å². The van der Waals surface area contributed by atoms with Gasteiger partial charge in [-0.05, 0) is 34.6 Å². The van der Waals surface area contributed by atoms with Crippen molar-refractivity contribution < 1.29 is 14.6 Å². The molecule has 102 valence electrons. The molecule has 1 amide bonds. The molecule has 0 radical (unpaired) electrons. The minimum atomic E-state index is -0.583. The molecule has 0 aliphatic rings. The Bertz CT molecular complexity index is 226. The fourth-order valence-corrected chi connectivity index (χ4v) is 1.20. The largest absolute Gasteiger partial charge is 0.389 e. The van der Waals surface area contributed by atoms with E-state index in [1.54, 1.807) is 6.92 Å². The first-order valence-corrected chi connectivity index (χ1v) is 6.07. The number of rotatable bonds is 7. The number of carbonyl (C=O) groups excluding carboxylic acids is 1. The Labute approximate surface area is 104 Å². The van der Waals surface area contributed by atoms with Gasteiger partial charge in [0.2, 0.25) is 5.91 Å². The first kappa shape index (κ1) is 16.4. The summed E-state index contributed by atoms with van der Waals surface area (Å²) in [6.45, 7) is 10.7. The standard InChI is InChI=1S/C12H26N2O3/c1-6-17-8-10(15)7-13-9(2)11(16)14-12(3,4)5/h9-10,13,15H,6-8H2,1-5H3,(H,14,16). The molecule has 2 atom stereocenters. The molecule has 0 heterocycles. The lowest BCUT2D eigenvalue weighted by molar-refractivity contribution is -0.124. The average molecular weight is 246 g/mol. The summed E-state index contributed by atoms with van der Waals surface area (Å²) in [5.41, 5.74) is -0.239. The van der Waals surface area contributed by atoms with E-state index < -0.39 is 6.10 Å². The van der Waals surface area contributed by atoms with Crippen LogP contribution in [0, 0.1) is 0 Å². The van der Waals surface area contributed by atoms with E-state index in [1.165, 1.54) is 0 Å². The van der Waals surface area contributed by atoms with E-state index in [0.717, 1.165) is 0 Å². The predicted octanol–water partition coefficient (Wildman–Crippen LogP) is 0.277. The van der Waals surface area contributed by atoms with E-state index in [4.69, 9.17) is 4.74 Å². The summed E-state index contributed by atoms with van der Waals surface area (Å²) in [6, 6.07) is -0.328. The van der Waals surface area contributed by atoms with E-state index in [1.807, 2.05) is 27.7 Å². The van der Waals surface area contributed by atoms with Gasteiger partial charge in [-0.2, -0.15) is 0 Å². The molecule has 0 aromatic carbocycles. The number of aliphatic hydroxyl groups is 1. The van der Waals surface area contributed by atoms with Gasteiger partial charge in [0.25, 0.3) is 0 Å². The normalized spacial score (nSPS) is 15.4. The summed E-state index contributed by atoms with van der Waals surface area (Å²) in [5, 5.41) is 15.4. The summed E-state index contributed by atoms with van der Waals surface area (Å²) >= 11 is 0. The van der Waals surface area contributed by atoms with Crippen LogP contribution in [-0.2, 0) is 9.53 Å². The first-order valence-electron chi connectivity index (χ1n) is 6.07. The SMILES string of the molecule is CCOCC(O)CNC(C)C(=O)NC(C)(C)C. The molecule has 0 bridgehead atoms. The highest BCUT2D eigenvalue weighted by molar-refractivity contribution is 5.81. The third kappa shape index (κ3) is 9.09. The number of carbonyl (C=O) groups is 1. The van der Waals surface area contributed by atoms with Crippen molar-refractivity contribution in [1.82, 2.24) is 10.6 Å². The van der Waals surface area contributed by atoms with E-state index in [9.17, 15) is 9.90 Å². The number of aliphatic hydroxyl groups excluding tert-OH is 1. The van der Waals surface area contributed by atoms with Crippen LogP contribution in [0.4, 0.5) is 0 Å². The van der Waals surface area contributed by atoms with Gasteiger partial charge in [-0.1, -0.05) is 0 Å². The smallest absolute Gasteiger partial charge is 0.237 e. The summed E-state index contributed by atoms with van der Waals surface area (Å²) in [4.78, 5) is 11.7. The molecule has 2 unspecified atom stereocenters. The Kier molecular flexibility index (Phi) is 7.34. The van der Waals surface area contributed by atoms with Gasteiger partial charge in [0.05, 0.1) is 18.8 Å². The maximum absolute atomic E-state index is 11.7. The van der Waals surface area contributed by atoms with Crippen molar-refractivity contribution in [1.29, 1.82) is 0 Å². The third-order valence-electron chi connectivity index (χ3n) is 2.07. The van der Waals surface area contributed by atoms with E-state index in [2.05, 4.69) is 10.6 Å². The van der Waals surface area contributed by atoms with Gasteiger partial charge >= 0.3 is 0 Å². The summed E-state index contributed by atoms with van der Waals surface area (Å²) in [6.07, 6.45) is -0.583. The molecule has 0 saturated heterocycles. The highest BCUT2D eigenvalue weighted by Crippen LogP contribution is 1.99. The predicted molar refractivity (Wildman–Crippen MR) is 67.9 cm³/mol. The number of ether oxygens (including phenoxy) is 1. The lowest BCUT2D eigenvalue weighted by Crippen LogP contribution is -2.51. The van der Waals surface area contributed by atoms with E-state index >= 15 is 0 Å². The molecule has 0 rings (SSSR count). The highest BCUT2D eigenvalue weighted by atomic mass is 16.5. The van der Waals surface area contributed by atoms with Gasteiger partial charge in [0, 0.05) is 18.7 Å². The molecule has 17 heavy (non-hydrogen) atoms. The molecular weight excluding hydrogens is 220 g/mol. The average Bonchev–Trinajstić information content (AvgIpc) is 2.20. The Hall–Kier alpha value is -0.650. The zero-order valence-corrected chi connectivity index (χ0v) is 11.5. The monoisotopic (exact) mass is 246 g/mol. The Morgan fingerprint density at radius 1 is 1.41 bits per heavy atom. The minimum Gasteiger partial charge on any atom is -0.389 e. The van der Waals surface area contributed by atoms with Gasteiger partial charge in [0.1, 0.15) is 0 Å². The van der Waals surface area contributed by atoms with Crippen molar-refractivity contribution in [3.8, 4) is 0 Å². The first-order chi connectivity index (χ1) is 7.76. The molecule has 0 fully saturated rings. The molecule has 0 aliphatic heterocycles. The lowest BCUT2D eigenvalue weighted by atomic mass is 10.1. The van der Waals surface area contributed by atoms with Gasteiger partial charge in [-0.15, -0.1) is 0 Å². The molecule has 3 N–H and O–H groups in total. The molecule has 0 aromatic rings. The van der Waals surface area contributed by atoms with Crippen LogP contribution < -0.4 is 10.6 Å². The molecular formula is C12H26N2O3. The van der Waals surface area contributed by atoms with Crippen LogP contribution in [0.3, 0.4) is 0 Å². The number of hydrogen-bond donors (Lipinski definition) is 3. The number of hydrogen-bond acceptors (Lipinski definition) is 4. The quantitative estimate of drug-likeness (QED) is 0.603. The molecule has 0 aliphatic carbocycles. The molecule has 5 heteroatoms. The topological polar surface area (TPSA) is 70.6 Å². The van der Waals surface area contributed by atoms with Gasteiger partial charge in [-0.3, -0.25) is 4.79 Å². The lowest BCUT2D eigenvalue weighted by Gasteiger charge is -2.24. The fourth-order valence-electron chi connectivity index (χ4n) is 1.20. The van der Waals surface area contributed by atoms with Crippen LogP contribution in [0.15, 0.2) is 0 Å². The fraction of sp³-hybridized carbons (Fsp3) is 0.917. The van der Waals surface area contributed by atoms with Crippen LogP contribution in [0.5, 0.6) is 0 Å².